The zero-order valence-electron chi connectivity index (χ0n) is 15.2. The zero-order valence-corrected chi connectivity index (χ0v) is 16.8. The highest BCUT2D eigenvalue weighted by Crippen LogP contribution is 2.34. The number of carbonyl (C=O) groups is 1. The van der Waals surface area contributed by atoms with Gasteiger partial charge in [-0.3, -0.25) is 9.80 Å². The van der Waals surface area contributed by atoms with Gasteiger partial charge < -0.3 is 5.32 Å². The molecule has 1 fully saturated rings. The molecule has 4 nitrogen and oxygen atoms in total. The van der Waals surface area contributed by atoms with E-state index in [1.165, 1.54) is 10.5 Å². The molecule has 0 saturated carbocycles. The lowest BCUT2D eigenvalue weighted by atomic mass is 10.0. The number of urea groups is 1. The van der Waals surface area contributed by atoms with Gasteiger partial charge in [0.25, 0.3) is 0 Å². The Labute approximate surface area is 169 Å². The quantitative estimate of drug-likeness (QED) is 0.814. The van der Waals surface area contributed by atoms with Crippen molar-refractivity contribution in [2.45, 2.75) is 30.3 Å². The van der Waals surface area contributed by atoms with Crippen LogP contribution in [0.1, 0.15) is 18.4 Å². The number of nitrogens with one attached hydrogen (secondary N) is 1. The molecule has 2 aliphatic rings. The van der Waals surface area contributed by atoms with Crippen molar-refractivity contribution in [3.8, 4) is 0 Å². The van der Waals surface area contributed by atoms with E-state index in [2.05, 4.69) is 28.4 Å². The van der Waals surface area contributed by atoms with Gasteiger partial charge in [0.05, 0.1) is 5.69 Å². The van der Waals surface area contributed by atoms with Crippen molar-refractivity contribution < 1.29 is 4.79 Å². The van der Waals surface area contributed by atoms with Gasteiger partial charge in [-0.2, -0.15) is 0 Å². The molecule has 142 valence electrons. The van der Waals surface area contributed by atoms with Crippen molar-refractivity contribution in [3.63, 3.8) is 0 Å². The van der Waals surface area contributed by atoms with Crippen molar-refractivity contribution in [2.24, 2.45) is 0 Å². The lowest BCUT2D eigenvalue weighted by Gasteiger charge is -2.35. The number of rotatable bonds is 3. The van der Waals surface area contributed by atoms with E-state index in [0.717, 1.165) is 55.5 Å². The van der Waals surface area contributed by atoms with E-state index < -0.39 is 0 Å². The van der Waals surface area contributed by atoms with E-state index in [-0.39, 0.29) is 12.1 Å². The van der Waals surface area contributed by atoms with Crippen LogP contribution >= 0.6 is 23.4 Å². The maximum atomic E-state index is 12.8. The molecular weight excluding hydrogens is 378 g/mol. The van der Waals surface area contributed by atoms with Crippen molar-refractivity contribution in [1.82, 2.24) is 10.2 Å². The molecular formula is C21H24ClN3OS. The topological polar surface area (TPSA) is 35.6 Å². The number of thioether (sulfide) groups is 1. The molecule has 0 radical (unpaired) electrons. The number of hydrogen-bond donors (Lipinski definition) is 1. The van der Waals surface area contributed by atoms with Gasteiger partial charge in [0.15, 0.2) is 0 Å². The summed E-state index contributed by atoms with van der Waals surface area (Å²) in [4.78, 5) is 18.3. The number of carbonyl (C=O) groups excluding carboxylic acids is 1. The van der Waals surface area contributed by atoms with E-state index in [1.807, 2.05) is 47.0 Å². The Hall–Kier alpha value is -1.69. The molecule has 2 amide bonds. The minimum atomic E-state index is 0.0406. The second-order valence-corrected chi connectivity index (χ2v) is 8.67. The molecule has 0 unspecified atom stereocenters. The number of hydrogen-bond acceptors (Lipinski definition) is 3. The molecule has 1 saturated heterocycles. The van der Waals surface area contributed by atoms with Crippen molar-refractivity contribution in [2.75, 3.05) is 30.3 Å². The number of amides is 2. The number of halogens is 1. The number of anilines is 1. The first-order valence-electron chi connectivity index (χ1n) is 9.46. The molecule has 2 heterocycles. The summed E-state index contributed by atoms with van der Waals surface area (Å²) in [5.41, 5.74) is 2.32. The molecule has 4 rings (SSSR count). The van der Waals surface area contributed by atoms with Crippen LogP contribution in [-0.2, 0) is 6.54 Å². The Morgan fingerprint density at radius 1 is 1.07 bits per heavy atom. The SMILES string of the molecule is O=C(NC1CCN(Cc2ccc(Cl)cc2)CC1)N1CCSc2ccccc21. The Morgan fingerprint density at radius 3 is 2.59 bits per heavy atom. The summed E-state index contributed by atoms with van der Waals surface area (Å²) in [5, 5.41) is 4.03. The van der Waals surface area contributed by atoms with Crippen LogP contribution in [0.15, 0.2) is 53.4 Å². The summed E-state index contributed by atoms with van der Waals surface area (Å²) in [6.45, 7) is 3.71. The maximum absolute atomic E-state index is 12.8. The van der Waals surface area contributed by atoms with Gasteiger partial charge in [-0.1, -0.05) is 35.9 Å². The zero-order chi connectivity index (χ0) is 18.6. The summed E-state index contributed by atoms with van der Waals surface area (Å²) < 4.78 is 0. The predicted octanol–water partition coefficient (Wildman–Crippen LogP) is 4.63. The van der Waals surface area contributed by atoms with Crippen LogP contribution in [0.2, 0.25) is 5.02 Å². The van der Waals surface area contributed by atoms with Gasteiger partial charge >= 0.3 is 6.03 Å². The Bertz CT molecular complexity index is 790. The molecule has 0 aliphatic carbocycles. The van der Waals surface area contributed by atoms with Crippen molar-refractivity contribution in [3.05, 3.63) is 59.1 Å². The van der Waals surface area contributed by atoms with Crippen LogP contribution in [0, 0.1) is 0 Å². The average Bonchev–Trinajstić information content (AvgIpc) is 2.71. The Balaban J connectivity index is 1.29. The van der Waals surface area contributed by atoms with Crippen LogP contribution in [0.25, 0.3) is 0 Å². The molecule has 6 heteroatoms. The Kier molecular flexibility index (Phi) is 5.91. The average molecular weight is 402 g/mol. The van der Waals surface area contributed by atoms with Gasteiger partial charge in [0.2, 0.25) is 0 Å². The van der Waals surface area contributed by atoms with E-state index in [4.69, 9.17) is 11.6 Å². The monoisotopic (exact) mass is 401 g/mol. The highest BCUT2D eigenvalue weighted by Gasteiger charge is 2.26. The summed E-state index contributed by atoms with van der Waals surface area (Å²) in [7, 11) is 0. The number of fused-ring (bicyclic) bond motifs is 1. The first kappa shape index (κ1) is 18.7. The van der Waals surface area contributed by atoms with Crippen LogP contribution in [0.3, 0.4) is 0 Å². The lowest BCUT2D eigenvalue weighted by molar-refractivity contribution is 0.188. The third-order valence-electron chi connectivity index (χ3n) is 5.21. The van der Waals surface area contributed by atoms with E-state index in [1.54, 1.807) is 0 Å². The molecule has 0 aromatic heterocycles. The summed E-state index contributed by atoms with van der Waals surface area (Å²) >= 11 is 7.78. The highest BCUT2D eigenvalue weighted by molar-refractivity contribution is 7.99. The molecule has 2 aromatic carbocycles. The summed E-state index contributed by atoms with van der Waals surface area (Å²) in [5.74, 6) is 0.948. The molecule has 1 N–H and O–H groups in total. The smallest absolute Gasteiger partial charge is 0.322 e. The molecule has 0 atom stereocenters. The normalized spacial score (nSPS) is 18.2. The lowest BCUT2D eigenvalue weighted by Crippen LogP contribution is -2.50. The molecule has 27 heavy (non-hydrogen) atoms. The van der Waals surface area contributed by atoms with Crippen LogP contribution in [0.4, 0.5) is 10.5 Å². The van der Waals surface area contributed by atoms with E-state index in [9.17, 15) is 4.79 Å². The number of para-hydroxylation sites is 1. The highest BCUT2D eigenvalue weighted by atomic mass is 35.5. The molecule has 2 aliphatic heterocycles. The number of nitrogens with zero attached hydrogens (tertiary/aromatic N) is 2. The van der Waals surface area contributed by atoms with Crippen molar-refractivity contribution >= 4 is 35.1 Å². The first-order chi connectivity index (χ1) is 13.2. The Morgan fingerprint density at radius 2 is 1.81 bits per heavy atom. The molecule has 0 spiro atoms. The van der Waals surface area contributed by atoms with Gasteiger partial charge in [-0.05, 0) is 42.7 Å². The minimum Gasteiger partial charge on any atom is -0.335 e. The van der Waals surface area contributed by atoms with Gasteiger partial charge in [0, 0.05) is 47.9 Å². The van der Waals surface area contributed by atoms with Gasteiger partial charge in [-0.25, -0.2) is 4.79 Å². The number of benzene rings is 2. The van der Waals surface area contributed by atoms with Crippen LogP contribution in [-0.4, -0.2) is 42.4 Å². The maximum Gasteiger partial charge on any atom is 0.322 e. The number of piperidine rings is 1. The van der Waals surface area contributed by atoms with Gasteiger partial charge in [-0.15, -0.1) is 11.8 Å². The minimum absolute atomic E-state index is 0.0406. The third kappa shape index (κ3) is 4.60. The van der Waals surface area contributed by atoms with Crippen molar-refractivity contribution in [1.29, 1.82) is 0 Å². The standard InChI is InChI=1S/C21H24ClN3OS/c22-17-7-5-16(6-8-17)15-24-11-9-18(10-12-24)23-21(26)25-13-14-27-20-4-2-1-3-19(20)25/h1-8,18H,9-15H2,(H,23,26). The third-order valence-corrected chi connectivity index (χ3v) is 6.50. The fourth-order valence-corrected chi connectivity index (χ4v) is 4.84. The molecule has 0 bridgehead atoms. The fraction of sp³-hybridized carbons (Fsp3) is 0.381. The van der Waals surface area contributed by atoms with Gasteiger partial charge in [0.1, 0.15) is 0 Å². The second kappa shape index (κ2) is 8.55. The summed E-state index contributed by atoms with van der Waals surface area (Å²) in [6, 6.07) is 16.5. The first-order valence-corrected chi connectivity index (χ1v) is 10.8. The summed E-state index contributed by atoms with van der Waals surface area (Å²) in [6.07, 6.45) is 1.98. The largest absolute Gasteiger partial charge is 0.335 e. The number of likely N-dealkylation sites (tertiary alicyclic amines) is 1. The fourth-order valence-electron chi connectivity index (χ4n) is 3.72. The van der Waals surface area contributed by atoms with Crippen LogP contribution < -0.4 is 10.2 Å². The van der Waals surface area contributed by atoms with E-state index in [0.29, 0.717) is 0 Å². The van der Waals surface area contributed by atoms with E-state index >= 15 is 0 Å². The second-order valence-electron chi connectivity index (χ2n) is 7.09. The predicted molar refractivity (Wildman–Crippen MR) is 113 cm³/mol. The van der Waals surface area contributed by atoms with Crippen LogP contribution in [0.5, 0.6) is 0 Å². The molecule has 2 aromatic rings.